The van der Waals surface area contributed by atoms with Crippen molar-refractivity contribution in [1.82, 2.24) is 9.38 Å². The Kier molecular flexibility index (Phi) is 3.84. The van der Waals surface area contributed by atoms with E-state index in [9.17, 15) is 4.79 Å². The van der Waals surface area contributed by atoms with Crippen molar-refractivity contribution in [1.29, 1.82) is 0 Å². The fourth-order valence-electron chi connectivity index (χ4n) is 3.85. The Balaban J connectivity index is 1.82. The summed E-state index contributed by atoms with van der Waals surface area (Å²) in [6.45, 7) is 9.05. The van der Waals surface area contributed by atoms with Crippen LogP contribution in [0.25, 0.3) is 16.2 Å². The van der Waals surface area contributed by atoms with Gasteiger partial charge in [0.1, 0.15) is 11.4 Å². The van der Waals surface area contributed by atoms with Crippen molar-refractivity contribution in [3.8, 4) is 11.3 Å². The fourth-order valence-corrected chi connectivity index (χ4v) is 5.11. The van der Waals surface area contributed by atoms with Gasteiger partial charge in [-0.1, -0.05) is 50.6 Å². The Morgan fingerprint density at radius 1 is 1.24 bits per heavy atom. The topological polar surface area (TPSA) is 34.4 Å². The Hall–Kier alpha value is -1.94. The zero-order valence-corrected chi connectivity index (χ0v) is 16.1. The van der Waals surface area contributed by atoms with Gasteiger partial charge < -0.3 is 0 Å². The third kappa shape index (κ3) is 2.73. The lowest BCUT2D eigenvalue weighted by Gasteiger charge is -2.33. The molecule has 0 saturated heterocycles. The Bertz CT molecular complexity index is 941. The Morgan fingerprint density at radius 2 is 1.96 bits per heavy atom. The van der Waals surface area contributed by atoms with Gasteiger partial charge in [0.15, 0.2) is 11.2 Å². The van der Waals surface area contributed by atoms with Gasteiger partial charge in [0.2, 0.25) is 0 Å². The van der Waals surface area contributed by atoms with Crippen molar-refractivity contribution in [2.45, 2.75) is 47.0 Å². The van der Waals surface area contributed by atoms with Gasteiger partial charge in [-0.3, -0.25) is 9.20 Å². The molecule has 0 N–H and O–H groups in total. The van der Waals surface area contributed by atoms with E-state index < -0.39 is 0 Å². The lowest BCUT2D eigenvalue weighted by Crippen LogP contribution is -2.26. The SMILES string of the molecule is Cc1ccc(-c2nc3sc4c(n3c2C=O)CCC(C(C)(C)C)C4)cc1. The van der Waals surface area contributed by atoms with E-state index in [0.717, 1.165) is 35.3 Å². The highest BCUT2D eigenvalue weighted by molar-refractivity contribution is 7.17. The predicted octanol–water partition coefficient (Wildman–Crippen LogP) is 5.33. The average molecular weight is 353 g/mol. The van der Waals surface area contributed by atoms with Gasteiger partial charge >= 0.3 is 0 Å². The van der Waals surface area contributed by atoms with E-state index in [1.165, 1.54) is 22.6 Å². The van der Waals surface area contributed by atoms with Crippen molar-refractivity contribution in [2.24, 2.45) is 11.3 Å². The van der Waals surface area contributed by atoms with Crippen molar-refractivity contribution >= 4 is 22.6 Å². The van der Waals surface area contributed by atoms with Crippen molar-refractivity contribution in [3.05, 3.63) is 46.1 Å². The molecule has 0 saturated carbocycles. The molecule has 3 nitrogen and oxygen atoms in total. The number of rotatable bonds is 2. The van der Waals surface area contributed by atoms with Crippen LogP contribution in [0.3, 0.4) is 0 Å². The average Bonchev–Trinajstić information content (AvgIpc) is 3.09. The molecule has 0 fully saturated rings. The molecule has 0 amide bonds. The van der Waals surface area contributed by atoms with Crippen LogP contribution in [0.5, 0.6) is 0 Å². The Morgan fingerprint density at radius 3 is 2.60 bits per heavy atom. The summed E-state index contributed by atoms with van der Waals surface area (Å²) >= 11 is 1.76. The summed E-state index contributed by atoms with van der Waals surface area (Å²) in [5, 5.41) is 0. The number of hydrogen-bond donors (Lipinski definition) is 0. The van der Waals surface area contributed by atoms with E-state index in [1.54, 1.807) is 11.3 Å². The second kappa shape index (κ2) is 5.80. The molecule has 3 aromatic rings. The van der Waals surface area contributed by atoms with Crippen LogP contribution in [0.2, 0.25) is 0 Å². The number of imidazole rings is 1. The van der Waals surface area contributed by atoms with E-state index in [-0.39, 0.29) is 0 Å². The maximum absolute atomic E-state index is 11.9. The van der Waals surface area contributed by atoms with Gasteiger partial charge in [0.25, 0.3) is 0 Å². The first-order valence-corrected chi connectivity index (χ1v) is 9.75. The molecule has 2 aromatic heterocycles. The number of carbonyl (C=O) groups is 1. The molecule has 4 rings (SSSR count). The summed E-state index contributed by atoms with van der Waals surface area (Å²) in [4.78, 5) is 19.1. The molecule has 4 heteroatoms. The zero-order valence-electron chi connectivity index (χ0n) is 15.3. The van der Waals surface area contributed by atoms with Gasteiger partial charge in [-0.05, 0) is 37.5 Å². The number of carbonyl (C=O) groups excluding carboxylic acids is 1. The number of fused-ring (bicyclic) bond motifs is 3. The molecule has 1 atom stereocenters. The van der Waals surface area contributed by atoms with Crippen LogP contribution >= 0.6 is 11.3 Å². The first-order chi connectivity index (χ1) is 11.9. The maximum Gasteiger partial charge on any atom is 0.195 e. The summed E-state index contributed by atoms with van der Waals surface area (Å²) in [5.41, 5.74) is 5.36. The largest absolute Gasteiger partial charge is 0.296 e. The monoisotopic (exact) mass is 352 g/mol. The van der Waals surface area contributed by atoms with Crippen LogP contribution in [-0.4, -0.2) is 15.7 Å². The molecule has 2 heterocycles. The quantitative estimate of drug-likeness (QED) is 0.584. The standard InChI is InChI=1S/C21H24N2OS/c1-13-5-7-14(8-6-13)19-17(12-24)23-16-10-9-15(21(2,3)4)11-18(16)25-20(23)22-19/h5-8,12,15H,9-11H2,1-4H3. The Labute approximate surface area is 152 Å². The molecular weight excluding hydrogens is 328 g/mol. The molecule has 25 heavy (non-hydrogen) atoms. The second-order valence-corrected chi connectivity index (χ2v) is 9.29. The van der Waals surface area contributed by atoms with E-state index >= 15 is 0 Å². The zero-order chi connectivity index (χ0) is 17.8. The lowest BCUT2D eigenvalue weighted by molar-refractivity contribution is 0.111. The van der Waals surface area contributed by atoms with Gasteiger partial charge in [-0.25, -0.2) is 4.98 Å². The van der Waals surface area contributed by atoms with Crippen LogP contribution < -0.4 is 0 Å². The summed E-state index contributed by atoms with van der Waals surface area (Å²) in [6.07, 6.45) is 4.28. The van der Waals surface area contributed by atoms with Crippen LogP contribution in [0.4, 0.5) is 0 Å². The van der Waals surface area contributed by atoms with Gasteiger partial charge in [0, 0.05) is 16.1 Å². The molecule has 130 valence electrons. The molecule has 1 aliphatic rings. The highest BCUT2D eigenvalue weighted by Gasteiger charge is 2.32. The third-order valence-electron chi connectivity index (χ3n) is 5.51. The summed E-state index contributed by atoms with van der Waals surface area (Å²) in [5.74, 6) is 0.694. The first kappa shape index (κ1) is 16.5. The number of nitrogens with zero attached hydrogens (tertiary/aromatic N) is 2. The van der Waals surface area contributed by atoms with Crippen LogP contribution in [-0.2, 0) is 12.8 Å². The summed E-state index contributed by atoms with van der Waals surface area (Å²) < 4.78 is 2.11. The summed E-state index contributed by atoms with van der Waals surface area (Å²) in [6, 6.07) is 8.25. The van der Waals surface area contributed by atoms with E-state index in [4.69, 9.17) is 4.98 Å². The molecule has 1 unspecified atom stereocenters. The highest BCUT2D eigenvalue weighted by atomic mass is 32.1. The number of hydrogen-bond acceptors (Lipinski definition) is 3. The molecule has 0 spiro atoms. The van der Waals surface area contributed by atoms with Crippen LogP contribution in [0, 0.1) is 18.3 Å². The number of aldehydes is 1. The number of benzene rings is 1. The predicted molar refractivity (Wildman–Crippen MR) is 104 cm³/mol. The van der Waals surface area contributed by atoms with Gasteiger partial charge in [-0.15, -0.1) is 11.3 Å². The molecule has 0 bridgehead atoms. The highest BCUT2D eigenvalue weighted by Crippen LogP contribution is 2.41. The van der Waals surface area contributed by atoms with E-state index in [1.807, 2.05) is 0 Å². The number of aromatic nitrogens is 2. The minimum absolute atomic E-state index is 0.324. The minimum Gasteiger partial charge on any atom is -0.296 e. The van der Waals surface area contributed by atoms with Gasteiger partial charge in [-0.2, -0.15) is 0 Å². The minimum atomic E-state index is 0.324. The van der Waals surface area contributed by atoms with Gasteiger partial charge in [0.05, 0.1) is 0 Å². The normalized spacial score (nSPS) is 17.7. The maximum atomic E-state index is 11.9. The molecule has 1 aromatic carbocycles. The second-order valence-electron chi connectivity index (χ2n) is 8.23. The van der Waals surface area contributed by atoms with E-state index in [2.05, 4.69) is 56.4 Å². The van der Waals surface area contributed by atoms with Crippen LogP contribution in [0.15, 0.2) is 24.3 Å². The molecular formula is C21H24N2OS. The molecule has 1 aliphatic carbocycles. The first-order valence-electron chi connectivity index (χ1n) is 8.93. The van der Waals surface area contributed by atoms with Crippen molar-refractivity contribution < 1.29 is 4.79 Å². The van der Waals surface area contributed by atoms with Crippen molar-refractivity contribution in [2.75, 3.05) is 0 Å². The number of aryl methyl sites for hydroxylation is 2. The number of thiazole rings is 1. The lowest BCUT2D eigenvalue weighted by atomic mass is 9.73. The smallest absolute Gasteiger partial charge is 0.195 e. The summed E-state index contributed by atoms with van der Waals surface area (Å²) in [7, 11) is 0. The van der Waals surface area contributed by atoms with Crippen molar-refractivity contribution in [3.63, 3.8) is 0 Å². The fraction of sp³-hybridized carbons (Fsp3) is 0.429. The van der Waals surface area contributed by atoms with E-state index in [0.29, 0.717) is 17.0 Å². The third-order valence-corrected chi connectivity index (χ3v) is 6.62. The van der Waals surface area contributed by atoms with Crippen LogP contribution in [0.1, 0.15) is 53.8 Å². The molecule has 0 radical (unpaired) electrons. The molecule has 0 aliphatic heterocycles.